The number of methoxy groups -OCH3 is 2. The summed E-state index contributed by atoms with van der Waals surface area (Å²) in [6.45, 7) is 0.624. The van der Waals surface area contributed by atoms with Crippen LogP contribution in [0, 0.1) is 0 Å². The van der Waals surface area contributed by atoms with Crippen molar-refractivity contribution in [2.24, 2.45) is 5.73 Å². The molecule has 0 spiro atoms. The quantitative estimate of drug-likeness (QED) is 0.902. The van der Waals surface area contributed by atoms with Crippen LogP contribution in [0.2, 0.25) is 0 Å². The molecular formula is C14H17NO2S. The second kappa shape index (κ2) is 5.89. The normalized spacial score (nSPS) is 10.4. The topological polar surface area (TPSA) is 44.5 Å². The van der Waals surface area contributed by atoms with Crippen molar-refractivity contribution >= 4 is 11.3 Å². The first-order chi connectivity index (χ1) is 8.80. The molecule has 3 nitrogen and oxygen atoms in total. The summed E-state index contributed by atoms with van der Waals surface area (Å²) in [6, 6.07) is 8.22. The number of thiophene rings is 1. The molecule has 0 saturated carbocycles. The van der Waals surface area contributed by atoms with Gasteiger partial charge in [-0.05, 0) is 42.1 Å². The monoisotopic (exact) mass is 263 g/mol. The van der Waals surface area contributed by atoms with E-state index in [0.717, 1.165) is 23.5 Å². The van der Waals surface area contributed by atoms with Crippen molar-refractivity contribution in [2.75, 3.05) is 20.8 Å². The third-order valence-electron chi connectivity index (χ3n) is 2.76. The van der Waals surface area contributed by atoms with E-state index in [1.54, 1.807) is 25.6 Å². The van der Waals surface area contributed by atoms with Gasteiger partial charge in [0.05, 0.1) is 14.2 Å². The molecule has 0 aliphatic carbocycles. The summed E-state index contributed by atoms with van der Waals surface area (Å²) in [5.41, 5.74) is 7.85. The Labute approximate surface area is 111 Å². The first-order valence-electron chi connectivity index (χ1n) is 5.79. The molecule has 2 rings (SSSR count). The third-order valence-corrected chi connectivity index (χ3v) is 3.66. The lowest BCUT2D eigenvalue weighted by Gasteiger charge is -2.14. The van der Waals surface area contributed by atoms with Crippen LogP contribution in [0.5, 0.6) is 11.5 Å². The molecule has 0 bridgehead atoms. The van der Waals surface area contributed by atoms with Crippen LogP contribution in [0.1, 0.15) is 5.56 Å². The lowest BCUT2D eigenvalue weighted by atomic mass is 10.0. The average Bonchev–Trinajstić information content (AvgIpc) is 2.91. The summed E-state index contributed by atoms with van der Waals surface area (Å²) in [6.07, 6.45) is 0.832. The lowest BCUT2D eigenvalue weighted by Crippen LogP contribution is -2.04. The molecule has 0 aliphatic rings. The largest absolute Gasteiger partial charge is 0.493 e. The van der Waals surface area contributed by atoms with Crippen LogP contribution in [-0.4, -0.2) is 20.8 Å². The van der Waals surface area contributed by atoms with Gasteiger partial charge in [0.2, 0.25) is 0 Å². The van der Waals surface area contributed by atoms with Gasteiger partial charge in [0, 0.05) is 10.4 Å². The maximum atomic E-state index is 5.62. The zero-order valence-electron chi connectivity index (χ0n) is 10.6. The van der Waals surface area contributed by atoms with Gasteiger partial charge in [-0.2, -0.15) is 0 Å². The van der Waals surface area contributed by atoms with Crippen molar-refractivity contribution < 1.29 is 9.47 Å². The van der Waals surface area contributed by atoms with Gasteiger partial charge in [0.25, 0.3) is 0 Å². The van der Waals surface area contributed by atoms with Crippen LogP contribution in [0.4, 0.5) is 0 Å². The average molecular weight is 263 g/mol. The second-order valence-corrected chi connectivity index (χ2v) is 4.84. The van der Waals surface area contributed by atoms with Crippen LogP contribution in [0.15, 0.2) is 29.6 Å². The molecule has 1 heterocycles. The van der Waals surface area contributed by atoms with Crippen molar-refractivity contribution in [1.29, 1.82) is 0 Å². The minimum atomic E-state index is 0.624. The molecule has 0 aliphatic heterocycles. The molecule has 1 aromatic heterocycles. The van der Waals surface area contributed by atoms with E-state index in [9.17, 15) is 0 Å². The van der Waals surface area contributed by atoms with Crippen LogP contribution < -0.4 is 15.2 Å². The van der Waals surface area contributed by atoms with Gasteiger partial charge < -0.3 is 15.2 Å². The highest BCUT2D eigenvalue weighted by Crippen LogP contribution is 2.40. The molecule has 0 saturated heterocycles. The van der Waals surface area contributed by atoms with E-state index >= 15 is 0 Å². The molecule has 0 atom stereocenters. The van der Waals surface area contributed by atoms with E-state index in [4.69, 9.17) is 15.2 Å². The van der Waals surface area contributed by atoms with Crippen molar-refractivity contribution in [2.45, 2.75) is 6.42 Å². The Bertz CT molecular complexity index is 509. The first-order valence-corrected chi connectivity index (χ1v) is 6.67. The van der Waals surface area contributed by atoms with Gasteiger partial charge in [-0.1, -0.05) is 6.07 Å². The van der Waals surface area contributed by atoms with E-state index < -0.39 is 0 Å². The standard InChI is InChI=1S/C14H17NO2S/c1-16-12-9-10(5-6-15)8-11(14(12)17-2)13-4-3-7-18-13/h3-4,7-9H,5-6,15H2,1-2H3. The summed E-state index contributed by atoms with van der Waals surface area (Å²) in [7, 11) is 3.32. The number of benzene rings is 1. The minimum Gasteiger partial charge on any atom is -0.493 e. The zero-order valence-corrected chi connectivity index (χ0v) is 11.4. The smallest absolute Gasteiger partial charge is 0.169 e. The summed E-state index contributed by atoms with van der Waals surface area (Å²) in [5, 5.41) is 2.05. The Morgan fingerprint density at radius 2 is 2.06 bits per heavy atom. The lowest BCUT2D eigenvalue weighted by molar-refractivity contribution is 0.356. The van der Waals surface area contributed by atoms with Crippen molar-refractivity contribution in [1.82, 2.24) is 0 Å². The van der Waals surface area contributed by atoms with Crippen LogP contribution in [0.3, 0.4) is 0 Å². The Hall–Kier alpha value is -1.52. The molecule has 96 valence electrons. The van der Waals surface area contributed by atoms with Crippen molar-refractivity contribution in [3.05, 3.63) is 35.2 Å². The molecule has 1 aromatic carbocycles. The second-order valence-electron chi connectivity index (χ2n) is 3.89. The van der Waals surface area contributed by atoms with E-state index in [1.807, 2.05) is 12.1 Å². The number of nitrogens with two attached hydrogens (primary N) is 1. The number of hydrogen-bond donors (Lipinski definition) is 1. The van der Waals surface area contributed by atoms with Gasteiger partial charge in [-0.25, -0.2) is 0 Å². The summed E-state index contributed by atoms with van der Waals surface area (Å²) < 4.78 is 10.9. The molecule has 18 heavy (non-hydrogen) atoms. The fourth-order valence-corrected chi connectivity index (χ4v) is 2.69. The first kappa shape index (κ1) is 12.9. The minimum absolute atomic E-state index is 0.624. The molecule has 0 amide bonds. The highest BCUT2D eigenvalue weighted by Gasteiger charge is 2.14. The van der Waals surface area contributed by atoms with E-state index in [1.165, 1.54) is 10.4 Å². The fraction of sp³-hybridized carbons (Fsp3) is 0.286. The molecule has 0 fully saturated rings. The SMILES string of the molecule is COc1cc(CCN)cc(-c2cccs2)c1OC. The van der Waals surface area contributed by atoms with Crippen molar-refractivity contribution in [3.63, 3.8) is 0 Å². The summed E-state index contributed by atoms with van der Waals surface area (Å²) in [4.78, 5) is 1.17. The maximum Gasteiger partial charge on any atom is 0.169 e. The molecule has 2 N–H and O–H groups in total. The predicted octanol–water partition coefficient (Wildman–Crippen LogP) is 2.93. The van der Waals surface area contributed by atoms with Gasteiger partial charge in [0.1, 0.15) is 0 Å². The number of hydrogen-bond acceptors (Lipinski definition) is 4. The van der Waals surface area contributed by atoms with Gasteiger partial charge in [0.15, 0.2) is 11.5 Å². The molecule has 0 radical (unpaired) electrons. The maximum absolute atomic E-state index is 5.62. The summed E-state index contributed by atoms with van der Waals surface area (Å²) in [5.74, 6) is 1.53. The Kier molecular flexibility index (Phi) is 4.23. The van der Waals surface area contributed by atoms with E-state index in [0.29, 0.717) is 6.54 Å². The Morgan fingerprint density at radius 1 is 1.22 bits per heavy atom. The molecule has 2 aromatic rings. The Morgan fingerprint density at radius 3 is 2.61 bits per heavy atom. The zero-order chi connectivity index (χ0) is 13.0. The van der Waals surface area contributed by atoms with Gasteiger partial charge in [-0.3, -0.25) is 0 Å². The molecule has 4 heteroatoms. The van der Waals surface area contributed by atoms with Crippen LogP contribution >= 0.6 is 11.3 Å². The van der Waals surface area contributed by atoms with E-state index in [2.05, 4.69) is 17.5 Å². The van der Waals surface area contributed by atoms with Gasteiger partial charge in [-0.15, -0.1) is 11.3 Å². The molecular weight excluding hydrogens is 246 g/mol. The summed E-state index contributed by atoms with van der Waals surface area (Å²) >= 11 is 1.68. The van der Waals surface area contributed by atoms with E-state index in [-0.39, 0.29) is 0 Å². The van der Waals surface area contributed by atoms with Crippen LogP contribution in [0.25, 0.3) is 10.4 Å². The van der Waals surface area contributed by atoms with Gasteiger partial charge >= 0.3 is 0 Å². The fourth-order valence-electron chi connectivity index (χ4n) is 1.95. The Balaban J connectivity index is 2.57. The highest BCUT2D eigenvalue weighted by molar-refractivity contribution is 7.13. The molecule has 0 unspecified atom stereocenters. The number of rotatable bonds is 5. The van der Waals surface area contributed by atoms with Crippen molar-refractivity contribution in [3.8, 4) is 21.9 Å². The predicted molar refractivity (Wildman–Crippen MR) is 75.6 cm³/mol. The third kappa shape index (κ3) is 2.49. The van der Waals surface area contributed by atoms with Crippen LogP contribution in [-0.2, 0) is 6.42 Å². The number of ether oxygens (including phenoxy) is 2. The highest BCUT2D eigenvalue weighted by atomic mass is 32.1.